The fourth-order valence-electron chi connectivity index (χ4n) is 2.82. The molecule has 0 bridgehead atoms. The van der Waals surface area contributed by atoms with Crippen LogP contribution in [0.25, 0.3) is 0 Å². The summed E-state index contributed by atoms with van der Waals surface area (Å²) in [4.78, 5) is 19.9. The molecule has 0 aliphatic carbocycles. The Bertz CT molecular complexity index is 658. The molecule has 0 amide bonds. The predicted octanol–water partition coefficient (Wildman–Crippen LogP) is 1.82. The third kappa shape index (κ3) is 3.65. The zero-order chi connectivity index (χ0) is 16.8. The Morgan fingerprint density at radius 1 is 1.04 bits per heavy atom. The van der Waals surface area contributed by atoms with Crippen molar-refractivity contribution in [3.05, 3.63) is 48.8 Å². The summed E-state index contributed by atoms with van der Waals surface area (Å²) in [6.07, 6.45) is 3.82. The lowest BCUT2D eigenvalue weighted by molar-refractivity contribution is -0.121. The maximum Gasteiger partial charge on any atom is 0.209 e. The topological polar surface area (TPSA) is 54.9 Å². The average molecular weight is 327 g/mol. The van der Waals surface area contributed by atoms with Crippen molar-refractivity contribution >= 4 is 12.0 Å². The molecule has 1 aromatic carbocycles. The van der Waals surface area contributed by atoms with Gasteiger partial charge in [0.2, 0.25) is 6.23 Å². The summed E-state index contributed by atoms with van der Waals surface area (Å²) >= 11 is 0. The van der Waals surface area contributed by atoms with Gasteiger partial charge in [-0.05, 0) is 24.3 Å². The van der Waals surface area contributed by atoms with E-state index in [0.29, 0.717) is 11.5 Å². The molecule has 2 aromatic rings. The highest BCUT2D eigenvalue weighted by Crippen LogP contribution is 2.27. The molecule has 0 radical (unpaired) electrons. The van der Waals surface area contributed by atoms with Crippen molar-refractivity contribution in [1.82, 2.24) is 9.88 Å². The highest BCUT2D eigenvalue weighted by atomic mass is 16.5. The van der Waals surface area contributed by atoms with E-state index in [9.17, 15) is 4.79 Å². The quantitative estimate of drug-likeness (QED) is 0.755. The Kier molecular flexibility index (Phi) is 5.28. The van der Waals surface area contributed by atoms with Gasteiger partial charge in [-0.25, -0.2) is 0 Å². The van der Waals surface area contributed by atoms with Gasteiger partial charge in [0.15, 0.2) is 17.8 Å². The van der Waals surface area contributed by atoms with Crippen molar-refractivity contribution in [3.63, 3.8) is 0 Å². The first-order chi connectivity index (χ1) is 11.8. The Morgan fingerprint density at radius 3 is 2.33 bits per heavy atom. The standard InChI is InChI=1S/C18H21N3O3/c1-23-16-4-2-3-5-17(16)24-18(14-22)21-12-10-20(11-13-21)15-6-8-19-9-7-15/h2-9,14,18H,10-13H2,1H3. The van der Waals surface area contributed by atoms with Crippen LogP contribution in [0.3, 0.4) is 0 Å². The van der Waals surface area contributed by atoms with Crippen LogP contribution in [0, 0.1) is 0 Å². The molecular formula is C18H21N3O3. The summed E-state index contributed by atoms with van der Waals surface area (Å²) in [6, 6.07) is 11.4. The van der Waals surface area contributed by atoms with E-state index in [0.717, 1.165) is 38.2 Å². The zero-order valence-corrected chi connectivity index (χ0v) is 13.7. The molecule has 1 atom stereocenters. The Labute approximate surface area is 141 Å². The van der Waals surface area contributed by atoms with Crippen molar-refractivity contribution in [1.29, 1.82) is 0 Å². The molecule has 1 saturated heterocycles. The molecule has 6 heteroatoms. The van der Waals surface area contributed by atoms with Crippen LogP contribution in [0.5, 0.6) is 11.5 Å². The van der Waals surface area contributed by atoms with Crippen molar-refractivity contribution in [2.75, 3.05) is 38.2 Å². The number of aldehydes is 1. The van der Waals surface area contributed by atoms with Gasteiger partial charge in [0.05, 0.1) is 7.11 Å². The molecule has 1 aromatic heterocycles. The molecule has 0 N–H and O–H groups in total. The highest BCUT2D eigenvalue weighted by molar-refractivity contribution is 5.57. The summed E-state index contributed by atoms with van der Waals surface area (Å²) in [5, 5.41) is 0. The van der Waals surface area contributed by atoms with Crippen LogP contribution in [0.15, 0.2) is 48.8 Å². The number of nitrogens with zero attached hydrogens (tertiary/aromatic N) is 3. The van der Waals surface area contributed by atoms with E-state index in [4.69, 9.17) is 9.47 Å². The zero-order valence-electron chi connectivity index (χ0n) is 13.7. The number of benzene rings is 1. The van der Waals surface area contributed by atoms with Gasteiger partial charge in [-0.2, -0.15) is 0 Å². The van der Waals surface area contributed by atoms with Gasteiger partial charge in [0.25, 0.3) is 0 Å². The lowest BCUT2D eigenvalue weighted by Gasteiger charge is -2.38. The number of aromatic nitrogens is 1. The maximum atomic E-state index is 11.5. The molecule has 1 aliphatic heterocycles. The van der Waals surface area contributed by atoms with Crippen molar-refractivity contribution < 1.29 is 14.3 Å². The first kappa shape index (κ1) is 16.3. The second-order valence-electron chi connectivity index (χ2n) is 5.52. The first-order valence-corrected chi connectivity index (χ1v) is 7.96. The van der Waals surface area contributed by atoms with Gasteiger partial charge in [-0.15, -0.1) is 0 Å². The molecule has 6 nitrogen and oxygen atoms in total. The minimum absolute atomic E-state index is 0.577. The molecule has 2 heterocycles. The molecule has 1 fully saturated rings. The van der Waals surface area contributed by atoms with Crippen molar-refractivity contribution in [2.24, 2.45) is 0 Å². The number of carbonyl (C=O) groups is 1. The Morgan fingerprint density at radius 2 is 1.71 bits per heavy atom. The number of para-hydroxylation sites is 2. The number of ether oxygens (including phenoxy) is 2. The van der Waals surface area contributed by atoms with E-state index in [-0.39, 0.29) is 0 Å². The minimum atomic E-state index is -0.610. The molecule has 0 saturated carbocycles. The first-order valence-electron chi connectivity index (χ1n) is 7.96. The second kappa shape index (κ2) is 7.79. The summed E-state index contributed by atoms with van der Waals surface area (Å²) in [5.41, 5.74) is 1.15. The SMILES string of the molecule is COc1ccccc1OC(C=O)N1CCN(c2ccncc2)CC1. The van der Waals surface area contributed by atoms with Gasteiger partial charge in [-0.1, -0.05) is 12.1 Å². The Hall–Kier alpha value is -2.60. The third-order valence-electron chi connectivity index (χ3n) is 4.14. The lowest BCUT2D eigenvalue weighted by atomic mass is 10.2. The highest BCUT2D eigenvalue weighted by Gasteiger charge is 2.25. The van der Waals surface area contributed by atoms with Gasteiger partial charge in [0.1, 0.15) is 0 Å². The normalized spacial score (nSPS) is 16.5. The number of carbonyl (C=O) groups excluding carboxylic acids is 1. The number of hydrogen-bond donors (Lipinski definition) is 0. The molecule has 3 rings (SSSR count). The van der Waals surface area contributed by atoms with E-state index < -0.39 is 6.23 Å². The van der Waals surface area contributed by atoms with E-state index in [1.54, 1.807) is 19.5 Å². The van der Waals surface area contributed by atoms with Gasteiger partial charge < -0.3 is 14.4 Å². The number of hydrogen-bond acceptors (Lipinski definition) is 6. The average Bonchev–Trinajstić information content (AvgIpc) is 2.67. The fourth-order valence-corrected chi connectivity index (χ4v) is 2.82. The molecule has 1 unspecified atom stereocenters. The maximum absolute atomic E-state index is 11.5. The van der Waals surface area contributed by atoms with E-state index in [1.807, 2.05) is 41.3 Å². The second-order valence-corrected chi connectivity index (χ2v) is 5.52. The van der Waals surface area contributed by atoms with Crippen LogP contribution >= 0.6 is 0 Å². The minimum Gasteiger partial charge on any atom is -0.493 e. The van der Waals surface area contributed by atoms with E-state index in [2.05, 4.69) is 9.88 Å². The monoisotopic (exact) mass is 327 g/mol. The van der Waals surface area contributed by atoms with Gasteiger partial charge in [0, 0.05) is 44.3 Å². The number of methoxy groups -OCH3 is 1. The molecule has 126 valence electrons. The van der Waals surface area contributed by atoms with Crippen molar-refractivity contribution in [2.45, 2.75) is 6.23 Å². The smallest absolute Gasteiger partial charge is 0.209 e. The molecular weight excluding hydrogens is 306 g/mol. The van der Waals surface area contributed by atoms with Crippen LogP contribution < -0.4 is 14.4 Å². The summed E-state index contributed by atoms with van der Waals surface area (Å²) in [5.74, 6) is 1.20. The molecule has 1 aliphatic rings. The van der Waals surface area contributed by atoms with E-state index in [1.165, 1.54) is 0 Å². The number of pyridine rings is 1. The van der Waals surface area contributed by atoms with Crippen LogP contribution in [-0.2, 0) is 4.79 Å². The van der Waals surface area contributed by atoms with E-state index >= 15 is 0 Å². The predicted molar refractivity (Wildman–Crippen MR) is 91.5 cm³/mol. The number of rotatable bonds is 6. The third-order valence-corrected chi connectivity index (χ3v) is 4.14. The van der Waals surface area contributed by atoms with Gasteiger partial charge in [-0.3, -0.25) is 14.7 Å². The summed E-state index contributed by atoms with van der Waals surface area (Å²) < 4.78 is 11.1. The number of piperazine rings is 1. The van der Waals surface area contributed by atoms with Crippen LogP contribution in [-0.4, -0.2) is 55.7 Å². The fraction of sp³-hybridized carbons (Fsp3) is 0.333. The van der Waals surface area contributed by atoms with Crippen LogP contribution in [0.1, 0.15) is 0 Å². The summed E-state index contributed by atoms with van der Waals surface area (Å²) in [7, 11) is 1.59. The lowest BCUT2D eigenvalue weighted by Crippen LogP contribution is -2.52. The largest absolute Gasteiger partial charge is 0.493 e. The van der Waals surface area contributed by atoms with Crippen LogP contribution in [0.2, 0.25) is 0 Å². The Balaban J connectivity index is 1.62. The van der Waals surface area contributed by atoms with Crippen LogP contribution in [0.4, 0.5) is 5.69 Å². The molecule has 24 heavy (non-hydrogen) atoms. The van der Waals surface area contributed by atoms with Gasteiger partial charge >= 0.3 is 0 Å². The number of anilines is 1. The molecule has 0 spiro atoms. The summed E-state index contributed by atoms with van der Waals surface area (Å²) in [6.45, 7) is 3.18. The van der Waals surface area contributed by atoms with Crippen molar-refractivity contribution in [3.8, 4) is 11.5 Å².